The van der Waals surface area contributed by atoms with Crippen LogP contribution in [0.1, 0.15) is 76.0 Å². The summed E-state index contributed by atoms with van der Waals surface area (Å²) >= 11 is 6.36. The predicted octanol–water partition coefficient (Wildman–Crippen LogP) is 4.88. The number of ether oxygens (including phenoxy) is 2. The third-order valence-corrected chi connectivity index (χ3v) is 6.68. The molecule has 0 unspecified atom stereocenters. The van der Waals surface area contributed by atoms with Gasteiger partial charge in [-0.1, -0.05) is 0 Å². The highest BCUT2D eigenvalue weighted by molar-refractivity contribution is 7.80. The second kappa shape index (κ2) is 11.4. The Balaban J connectivity index is 1.62. The third-order valence-electron chi connectivity index (χ3n) is 5.24. The standard InChI is InChI=1S/C22H27F3N4O4S2/c1-4-32-19(30)16-12(3)17(20(31)33-5-2)35-18(16)27-21(34)26-9-6-10-29-14(13-7-8-13)11-15(28-29)22(23,24)25/h11,13H,4-10H2,1-3H3,(H2,26,27,34). The Bertz CT molecular complexity index is 1090. The first kappa shape index (κ1) is 26.9. The average Bonchev–Trinajstić information content (AvgIpc) is 3.44. The van der Waals surface area contributed by atoms with Gasteiger partial charge in [0.05, 0.1) is 18.8 Å². The van der Waals surface area contributed by atoms with Crippen LogP contribution in [-0.2, 0) is 22.2 Å². The number of thiocarbonyl (C=S) groups is 1. The molecule has 1 saturated carbocycles. The van der Waals surface area contributed by atoms with Gasteiger partial charge in [0.1, 0.15) is 9.88 Å². The fourth-order valence-electron chi connectivity index (χ4n) is 3.48. The van der Waals surface area contributed by atoms with Crippen LogP contribution < -0.4 is 10.6 Å². The van der Waals surface area contributed by atoms with Gasteiger partial charge in [-0.3, -0.25) is 4.68 Å². The number of rotatable bonds is 10. The lowest BCUT2D eigenvalue weighted by Crippen LogP contribution is -2.30. The van der Waals surface area contributed by atoms with E-state index in [9.17, 15) is 22.8 Å². The Morgan fingerprint density at radius 1 is 1.23 bits per heavy atom. The van der Waals surface area contributed by atoms with E-state index in [1.807, 2.05) is 0 Å². The molecule has 0 atom stereocenters. The molecule has 13 heteroatoms. The Kier molecular flexibility index (Phi) is 8.75. The number of nitrogens with one attached hydrogen (secondary N) is 2. The van der Waals surface area contributed by atoms with Gasteiger partial charge >= 0.3 is 18.1 Å². The monoisotopic (exact) mass is 532 g/mol. The van der Waals surface area contributed by atoms with Gasteiger partial charge in [-0.05, 0) is 63.9 Å². The van der Waals surface area contributed by atoms with Gasteiger partial charge in [0.15, 0.2) is 10.8 Å². The number of aryl methyl sites for hydroxylation is 1. The minimum Gasteiger partial charge on any atom is -0.462 e. The van der Waals surface area contributed by atoms with E-state index in [1.54, 1.807) is 20.8 Å². The molecule has 2 aromatic heterocycles. The summed E-state index contributed by atoms with van der Waals surface area (Å²) in [5.74, 6) is -1.00. The van der Waals surface area contributed by atoms with Crippen molar-refractivity contribution >= 4 is 45.6 Å². The molecule has 2 aromatic rings. The molecular formula is C22H27F3N4O4S2. The van der Waals surface area contributed by atoms with E-state index in [1.165, 1.54) is 4.68 Å². The third kappa shape index (κ3) is 6.72. The number of alkyl halides is 3. The molecule has 8 nitrogen and oxygen atoms in total. The van der Waals surface area contributed by atoms with Crippen LogP contribution in [0.15, 0.2) is 6.07 Å². The van der Waals surface area contributed by atoms with Crippen LogP contribution in [0, 0.1) is 6.92 Å². The maximum absolute atomic E-state index is 13.1. The molecule has 2 N–H and O–H groups in total. The maximum Gasteiger partial charge on any atom is 0.435 e. The zero-order chi connectivity index (χ0) is 25.8. The van der Waals surface area contributed by atoms with Gasteiger partial charge in [-0.15, -0.1) is 11.3 Å². The van der Waals surface area contributed by atoms with Crippen molar-refractivity contribution in [2.24, 2.45) is 0 Å². The summed E-state index contributed by atoms with van der Waals surface area (Å²) in [6.07, 6.45) is -2.27. The fourth-order valence-corrected chi connectivity index (χ4v) is 4.84. The normalized spacial score (nSPS) is 13.4. The first-order chi connectivity index (χ1) is 16.6. The average molecular weight is 533 g/mol. The second-order valence-electron chi connectivity index (χ2n) is 7.89. The highest BCUT2D eigenvalue weighted by atomic mass is 32.1. The van der Waals surface area contributed by atoms with Crippen molar-refractivity contribution in [1.29, 1.82) is 0 Å². The van der Waals surface area contributed by atoms with Crippen LogP contribution in [0.4, 0.5) is 18.2 Å². The minimum atomic E-state index is -4.48. The predicted molar refractivity (Wildman–Crippen MR) is 129 cm³/mol. The van der Waals surface area contributed by atoms with Crippen LogP contribution in [0.3, 0.4) is 0 Å². The number of esters is 2. The number of hydrogen-bond donors (Lipinski definition) is 2. The molecule has 1 aliphatic rings. The topological polar surface area (TPSA) is 94.5 Å². The number of aromatic nitrogens is 2. The summed E-state index contributed by atoms with van der Waals surface area (Å²) in [4.78, 5) is 25.0. The number of hydrogen-bond acceptors (Lipinski definition) is 7. The smallest absolute Gasteiger partial charge is 0.435 e. The summed E-state index contributed by atoms with van der Waals surface area (Å²) in [6.45, 7) is 6.02. The van der Waals surface area contributed by atoms with Gasteiger partial charge < -0.3 is 20.1 Å². The molecule has 0 bridgehead atoms. The van der Waals surface area contributed by atoms with Crippen molar-refractivity contribution in [3.05, 3.63) is 33.5 Å². The van der Waals surface area contributed by atoms with E-state index in [0.717, 1.165) is 30.2 Å². The molecule has 3 rings (SSSR count). The molecule has 0 aliphatic heterocycles. The van der Waals surface area contributed by atoms with Crippen molar-refractivity contribution in [2.45, 2.75) is 58.7 Å². The lowest BCUT2D eigenvalue weighted by Gasteiger charge is -2.12. The van der Waals surface area contributed by atoms with Crippen molar-refractivity contribution in [2.75, 3.05) is 25.1 Å². The van der Waals surface area contributed by atoms with Crippen molar-refractivity contribution in [1.82, 2.24) is 15.1 Å². The van der Waals surface area contributed by atoms with Crippen LogP contribution >= 0.6 is 23.6 Å². The molecule has 0 radical (unpaired) electrons. The van der Waals surface area contributed by atoms with E-state index < -0.39 is 23.8 Å². The zero-order valence-corrected chi connectivity index (χ0v) is 21.2. The SMILES string of the molecule is CCOC(=O)c1sc(NC(=S)NCCCn2nc(C(F)(F)F)cc2C2CC2)c(C(=O)OCC)c1C. The number of halogens is 3. The van der Waals surface area contributed by atoms with E-state index in [0.29, 0.717) is 35.8 Å². The van der Waals surface area contributed by atoms with Crippen LogP contribution in [0.5, 0.6) is 0 Å². The van der Waals surface area contributed by atoms with Crippen molar-refractivity contribution in [3.63, 3.8) is 0 Å². The van der Waals surface area contributed by atoms with Crippen molar-refractivity contribution < 1.29 is 32.2 Å². The summed E-state index contributed by atoms with van der Waals surface area (Å²) < 4.78 is 50.8. The van der Waals surface area contributed by atoms with Crippen LogP contribution in [0.25, 0.3) is 0 Å². The molecule has 35 heavy (non-hydrogen) atoms. The first-order valence-electron chi connectivity index (χ1n) is 11.2. The number of anilines is 1. The van der Waals surface area contributed by atoms with E-state index in [-0.39, 0.29) is 34.7 Å². The largest absolute Gasteiger partial charge is 0.462 e. The molecule has 1 fully saturated rings. The maximum atomic E-state index is 13.1. The second-order valence-corrected chi connectivity index (χ2v) is 9.31. The lowest BCUT2D eigenvalue weighted by molar-refractivity contribution is -0.141. The highest BCUT2D eigenvalue weighted by Crippen LogP contribution is 2.42. The van der Waals surface area contributed by atoms with Crippen LogP contribution in [-0.4, -0.2) is 46.6 Å². The minimum absolute atomic E-state index is 0.131. The first-order valence-corrected chi connectivity index (χ1v) is 12.5. The molecule has 1 aliphatic carbocycles. The number of nitrogens with zero attached hydrogens (tertiary/aromatic N) is 2. The summed E-state index contributed by atoms with van der Waals surface area (Å²) in [5.41, 5.74) is 0.373. The Morgan fingerprint density at radius 2 is 1.89 bits per heavy atom. The fraction of sp³-hybridized carbons (Fsp3) is 0.545. The number of carbonyl (C=O) groups excluding carboxylic acids is 2. The molecule has 0 aromatic carbocycles. The summed E-state index contributed by atoms with van der Waals surface area (Å²) in [6, 6.07) is 1.13. The Labute approximate surface area is 210 Å². The molecule has 0 spiro atoms. The van der Waals surface area contributed by atoms with E-state index in [4.69, 9.17) is 21.7 Å². The quantitative estimate of drug-likeness (QED) is 0.254. The zero-order valence-electron chi connectivity index (χ0n) is 19.6. The molecule has 0 amide bonds. The van der Waals surface area contributed by atoms with E-state index >= 15 is 0 Å². The highest BCUT2D eigenvalue weighted by Gasteiger charge is 2.37. The number of carbonyl (C=O) groups is 2. The van der Waals surface area contributed by atoms with Gasteiger partial charge in [0.25, 0.3) is 0 Å². The summed E-state index contributed by atoms with van der Waals surface area (Å²) in [7, 11) is 0. The lowest BCUT2D eigenvalue weighted by atomic mass is 10.1. The number of thiophene rings is 1. The van der Waals surface area contributed by atoms with Crippen molar-refractivity contribution in [3.8, 4) is 0 Å². The molecule has 2 heterocycles. The molecule has 192 valence electrons. The molecule has 0 saturated heterocycles. The van der Waals surface area contributed by atoms with E-state index in [2.05, 4.69) is 15.7 Å². The Hall–Kier alpha value is -2.67. The van der Waals surface area contributed by atoms with Crippen LogP contribution in [0.2, 0.25) is 0 Å². The Morgan fingerprint density at radius 3 is 2.49 bits per heavy atom. The molecular weight excluding hydrogens is 505 g/mol. The van der Waals surface area contributed by atoms with Gasteiger partial charge in [0.2, 0.25) is 0 Å². The van der Waals surface area contributed by atoms with Gasteiger partial charge in [-0.2, -0.15) is 18.3 Å². The summed E-state index contributed by atoms with van der Waals surface area (Å²) in [5, 5.41) is 10.2. The van der Waals surface area contributed by atoms with Gasteiger partial charge in [0, 0.05) is 24.7 Å². The van der Waals surface area contributed by atoms with Gasteiger partial charge in [-0.25, -0.2) is 9.59 Å².